The zero-order valence-electron chi connectivity index (χ0n) is 16.3. The van der Waals surface area contributed by atoms with Crippen molar-refractivity contribution < 1.29 is 22.2 Å². The van der Waals surface area contributed by atoms with Crippen molar-refractivity contribution in [3.8, 4) is 0 Å². The lowest BCUT2D eigenvalue weighted by molar-refractivity contribution is 0.0172. The predicted octanol–water partition coefficient (Wildman–Crippen LogP) is 4.43. The number of pyridine rings is 2. The molecule has 6 nitrogen and oxygen atoms in total. The second-order valence-electron chi connectivity index (χ2n) is 6.88. The first kappa shape index (κ1) is 20.8. The largest absolute Gasteiger partial charge is 0.449 e. The lowest BCUT2D eigenvalue weighted by Crippen LogP contribution is -2.22. The van der Waals surface area contributed by atoms with E-state index in [0.29, 0.717) is 16.2 Å². The molecule has 1 atom stereocenters. The molecule has 0 fully saturated rings. The summed E-state index contributed by atoms with van der Waals surface area (Å²) in [7, 11) is -1.66. The van der Waals surface area contributed by atoms with Crippen LogP contribution >= 0.6 is 0 Å². The van der Waals surface area contributed by atoms with Crippen LogP contribution in [0.15, 0.2) is 81.3 Å². The van der Waals surface area contributed by atoms with E-state index in [2.05, 4.69) is 15.3 Å². The number of alkyl halides is 2. The zero-order valence-corrected chi connectivity index (χ0v) is 17.2. The first-order valence-corrected chi connectivity index (χ1v) is 10.4. The summed E-state index contributed by atoms with van der Waals surface area (Å²) in [5.74, 6) is -3.26. The molecular formula is C22H17F2N3O3S. The lowest BCUT2D eigenvalue weighted by atomic mass is 10.1. The summed E-state index contributed by atoms with van der Waals surface area (Å²) in [4.78, 5) is 21.1. The minimum Gasteiger partial charge on any atom is -0.449 e. The number of furan rings is 1. The Hall–Kier alpha value is -3.46. The SMILES string of the molecule is CC(F)(F)c1cccc(S(=O)c2ccc(CNC(=O)c3cc4ccncc4o3)nc2)c1. The second kappa shape index (κ2) is 8.35. The van der Waals surface area contributed by atoms with Gasteiger partial charge in [-0.15, -0.1) is 0 Å². The quantitative estimate of drug-likeness (QED) is 0.478. The smallest absolute Gasteiger partial charge is 0.287 e. The summed E-state index contributed by atoms with van der Waals surface area (Å²) in [6.07, 6.45) is 4.55. The molecule has 3 heterocycles. The van der Waals surface area contributed by atoms with Crippen LogP contribution in [0, 0.1) is 0 Å². The highest BCUT2D eigenvalue weighted by Gasteiger charge is 2.25. The van der Waals surface area contributed by atoms with Gasteiger partial charge in [0.2, 0.25) is 0 Å². The predicted molar refractivity (Wildman–Crippen MR) is 110 cm³/mol. The van der Waals surface area contributed by atoms with Crippen LogP contribution in [0.1, 0.15) is 28.7 Å². The van der Waals surface area contributed by atoms with Crippen molar-refractivity contribution in [3.05, 3.63) is 84.1 Å². The van der Waals surface area contributed by atoms with Gasteiger partial charge in [0.25, 0.3) is 11.8 Å². The Labute approximate surface area is 178 Å². The van der Waals surface area contributed by atoms with Crippen LogP contribution in [0.25, 0.3) is 11.0 Å². The molecule has 1 aromatic carbocycles. The van der Waals surface area contributed by atoms with E-state index in [4.69, 9.17) is 4.42 Å². The number of rotatable bonds is 6. The topological polar surface area (TPSA) is 85.1 Å². The Bertz CT molecular complexity index is 1230. The lowest BCUT2D eigenvalue weighted by Gasteiger charge is -2.12. The molecule has 0 aliphatic carbocycles. The van der Waals surface area contributed by atoms with E-state index in [-0.39, 0.29) is 22.8 Å². The van der Waals surface area contributed by atoms with Gasteiger partial charge in [-0.1, -0.05) is 12.1 Å². The number of hydrogen-bond acceptors (Lipinski definition) is 5. The number of fused-ring (bicyclic) bond motifs is 1. The van der Waals surface area contributed by atoms with Gasteiger partial charge in [0, 0.05) is 35.2 Å². The van der Waals surface area contributed by atoms with E-state index >= 15 is 0 Å². The van der Waals surface area contributed by atoms with Gasteiger partial charge < -0.3 is 9.73 Å². The van der Waals surface area contributed by atoms with Crippen molar-refractivity contribution in [2.24, 2.45) is 0 Å². The average molecular weight is 441 g/mol. The Balaban J connectivity index is 1.42. The molecule has 31 heavy (non-hydrogen) atoms. The zero-order chi connectivity index (χ0) is 22.0. The molecule has 0 saturated carbocycles. The number of benzene rings is 1. The van der Waals surface area contributed by atoms with Crippen LogP contribution < -0.4 is 5.32 Å². The normalized spacial score (nSPS) is 12.6. The first-order chi connectivity index (χ1) is 14.8. The summed E-state index contributed by atoms with van der Waals surface area (Å²) >= 11 is 0. The maximum absolute atomic E-state index is 13.5. The third kappa shape index (κ3) is 4.66. The standard InChI is InChI=1S/C22H17F2N3O3S/c1-22(23,24)15-3-2-4-17(10-15)31(29)18-6-5-16(26-12-18)11-27-21(28)19-9-14-7-8-25-13-20(14)30-19/h2-10,12-13H,11H2,1H3,(H,27,28). The Kier molecular flexibility index (Phi) is 5.60. The minimum atomic E-state index is -3.02. The van der Waals surface area contributed by atoms with Gasteiger partial charge in [0.15, 0.2) is 11.3 Å². The molecule has 1 unspecified atom stereocenters. The van der Waals surface area contributed by atoms with Gasteiger partial charge in [-0.3, -0.25) is 14.8 Å². The minimum absolute atomic E-state index is 0.137. The molecule has 4 aromatic rings. The van der Waals surface area contributed by atoms with Gasteiger partial charge in [-0.05, 0) is 36.4 Å². The van der Waals surface area contributed by atoms with Crippen molar-refractivity contribution in [1.29, 1.82) is 0 Å². The highest BCUT2D eigenvalue weighted by atomic mass is 32.2. The van der Waals surface area contributed by atoms with Crippen molar-refractivity contribution in [2.45, 2.75) is 29.2 Å². The number of aromatic nitrogens is 2. The molecule has 0 aliphatic heterocycles. The number of halogens is 2. The monoisotopic (exact) mass is 441 g/mol. The van der Waals surface area contributed by atoms with Crippen LogP contribution in [0.2, 0.25) is 0 Å². The molecule has 1 N–H and O–H groups in total. The van der Waals surface area contributed by atoms with E-state index in [9.17, 15) is 17.8 Å². The van der Waals surface area contributed by atoms with Crippen molar-refractivity contribution in [2.75, 3.05) is 0 Å². The third-order valence-electron chi connectivity index (χ3n) is 4.54. The number of nitrogens with one attached hydrogen (secondary N) is 1. The summed E-state index contributed by atoms with van der Waals surface area (Å²) in [6.45, 7) is 0.931. The molecule has 0 spiro atoms. The third-order valence-corrected chi connectivity index (χ3v) is 5.90. The maximum atomic E-state index is 13.5. The first-order valence-electron chi connectivity index (χ1n) is 9.28. The van der Waals surface area contributed by atoms with Crippen molar-refractivity contribution in [3.63, 3.8) is 0 Å². The molecule has 0 saturated heterocycles. The van der Waals surface area contributed by atoms with Gasteiger partial charge >= 0.3 is 0 Å². The Morgan fingerprint density at radius 3 is 2.68 bits per heavy atom. The summed E-state index contributed by atoms with van der Waals surface area (Å²) < 4.78 is 45.2. The summed E-state index contributed by atoms with van der Waals surface area (Å²) in [5, 5.41) is 3.48. The molecule has 4 rings (SSSR count). The van der Waals surface area contributed by atoms with Crippen molar-refractivity contribution >= 4 is 27.7 Å². The van der Waals surface area contributed by atoms with E-state index in [1.165, 1.54) is 36.7 Å². The number of nitrogens with zero attached hydrogens (tertiary/aromatic N) is 2. The van der Waals surface area contributed by atoms with Gasteiger partial charge in [0.05, 0.1) is 34.1 Å². The number of carbonyl (C=O) groups is 1. The fourth-order valence-electron chi connectivity index (χ4n) is 2.90. The van der Waals surface area contributed by atoms with E-state index < -0.39 is 22.6 Å². The van der Waals surface area contributed by atoms with Crippen LogP contribution in [0.3, 0.4) is 0 Å². The summed E-state index contributed by atoms with van der Waals surface area (Å²) in [6, 6.07) is 12.1. The Morgan fingerprint density at radius 2 is 1.97 bits per heavy atom. The van der Waals surface area contributed by atoms with Crippen molar-refractivity contribution in [1.82, 2.24) is 15.3 Å². The van der Waals surface area contributed by atoms with Gasteiger partial charge in [0.1, 0.15) is 0 Å². The average Bonchev–Trinajstić information content (AvgIpc) is 3.21. The van der Waals surface area contributed by atoms with Gasteiger partial charge in [-0.2, -0.15) is 0 Å². The highest BCUT2D eigenvalue weighted by Crippen LogP contribution is 2.29. The number of amides is 1. The number of carbonyl (C=O) groups excluding carboxylic acids is 1. The van der Waals surface area contributed by atoms with E-state index in [0.717, 1.165) is 12.3 Å². The maximum Gasteiger partial charge on any atom is 0.287 e. The molecule has 9 heteroatoms. The van der Waals surface area contributed by atoms with E-state index in [1.54, 1.807) is 30.5 Å². The molecule has 0 radical (unpaired) electrons. The fraction of sp³-hybridized carbons (Fsp3) is 0.136. The second-order valence-corrected chi connectivity index (χ2v) is 8.36. The molecule has 3 aromatic heterocycles. The van der Waals surface area contributed by atoms with Crippen LogP contribution in [0.4, 0.5) is 8.78 Å². The van der Waals surface area contributed by atoms with Crippen LogP contribution in [-0.4, -0.2) is 20.1 Å². The van der Waals surface area contributed by atoms with E-state index in [1.807, 2.05) is 0 Å². The highest BCUT2D eigenvalue weighted by molar-refractivity contribution is 7.85. The molecule has 158 valence electrons. The molecule has 1 amide bonds. The number of hydrogen-bond donors (Lipinski definition) is 1. The fourth-order valence-corrected chi connectivity index (χ4v) is 3.95. The molecule has 0 aliphatic rings. The molecular weight excluding hydrogens is 424 g/mol. The Morgan fingerprint density at radius 1 is 1.13 bits per heavy atom. The van der Waals surface area contributed by atoms with Crippen LogP contribution in [0.5, 0.6) is 0 Å². The van der Waals surface area contributed by atoms with Crippen LogP contribution in [-0.2, 0) is 23.3 Å². The molecule has 0 bridgehead atoms. The summed E-state index contributed by atoms with van der Waals surface area (Å²) in [5.41, 5.74) is 0.857. The van der Waals surface area contributed by atoms with Gasteiger partial charge in [-0.25, -0.2) is 13.0 Å².